The monoisotopic (exact) mass is 302 g/mol. The quantitative estimate of drug-likeness (QED) is 0.743. The zero-order valence-corrected chi connectivity index (χ0v) is 12.9. The van der Waals surface area contributed by atoms with Gasteiger partial charge >= 0.3 is 0 Å². The van der Waals surface area contributed by atoms with Crippen LogP contribution < -0.4 is 10.1 Å². The van der Waals surface area contributed by atoms with Gasteiger partial charge in [-0.1, -0.05) is 12.1 Å². The number of nitrogens with one attached hydrogen (secondary N) is 1. The molecule has 0 saturated carbocycles. The third kappa shape index (κ3) is 3.09. The van der Waals surface area contributed by atoms with Crippen molar-refractivity contribution in [1.29, 1.82) is 0 Å². The lowest BCUT2D eigenvalue weighted by atomic mass is 10.2. The summed E-state index contributed by atoms with van der Waals surface area (Å²) in [7, 11) is 0. The van der Waals surface area contributed by atoms with Crippen LogP contribution in [0.5, 0.6) is 5.75 Å². The van der Waals surface area contributed by atoms with Crippen LogP contribution in [0.1, 0.15) is 31.3 Å². The summed E-state index contributed by atoms with van der Waals surface area (Å²) in [5.74, 6) is 1.71. The average Bonchev–Trinajstić information content (AvgIpc) is 3.14. The van der Waals surface area contributed by atoms with E-state index in [-0.39, 0.29) is 6.04 Å². The Morgan fingerprint density at radius 2 is 2.33 bits per heavy atom. The lowest BCUT2D eigenvalue weighted by Crippen LogP contribution is -2.17. The molecule has 0 aliphatic heterocycles. The predicted octanol–water partition coefficient (Wildman–Crippen LogP) is 4.14. The maximum Gasteiger partial charge on any atom is 0.176 e. The molecule has 5 heteroatoms. The highest BCUT2D eigenvalue weighted by atomic mass is 32.1. The molecule has 110 valence electrons. The van der Waals surface area contributed by atoms with Crippen molar-refractivity contribution in [2.24, 2.45) is 0 Å². The topological polar surface area (TPSA) is 47.3 Å². The summed E-state index contributed by atoms with van der Waals surface area (Å²) in [4.78, 5) is 4.27. The van der Waals surface area contributed by atoms with Gasteiger partial charge in [-0.25, -0.2) is 4.98 Å². The molecule has 1 N–H and O–H groups in total. The number of hydrogen-bond acceptors (Lipinski definition) is 5. The Bertz CT molecular complexity index is 706. The van der Waals surface area contributed by atoms with Crippen molar-refractivity contribution in [2.75, 3.05) is 6.61 Å². The molecule has 3 aromatic rings. The molecule has 0 saturated heterocycles. The molecule has 0 spiro atoms. The molecule has 0 aliphatic rings. The summed E-state index contributed by atoms with van der Waals surface area (Å²) in [6.45, 7) is 5.43. The predicted molar refractivity (Wildman–Crippen MR) is 84.8 cm³/mol. The molecule has 1 atom stereocenters. The molecular formula is C16H18N2O2S. The van der Waals surface area contributed by atoms with Gasteiger partial charge in [0.1, 0.15) is 5.76 Å². The van der Waals surface area contributed by atoms with E-state index in [4.69, 9.17) is 9.15 Å². The van der Waals surface area contributed by atoms with Crippen LogP contribution in [-0.2, 0) is 6.54 Å². The minimum Gasteiger partial charge on any atom is -0.490 e. The first-order chi connectivity index (χ1) is 10.3. The number of thiazole rings is 1. The molecule has 0 radical (unpaired) electrons. The van der Waals surface area contributed by atoms with Gasteiger partial charge in [0.25, 0.3) is 0 Å². The van der Waals surface area contributed by atoms with Crippen molar-refractivity contribution in [3.63, 3.8) is 0 Å². The number of aromatic nitrogens is 1. The standard InChI is InChI=1S/C16H18N2O2S/c1-3-19-14-6-4-5-12-7-15(20-16(12)14)11(2)17-8-13-9-21-10-18-13/h4-7,9-11,17H,3,8H2,1-2H3. The third-order valence-electron chi connectivity index (χ3n) is 3.33. The molecule has 0 amide bonds. The molecule has 1 aromatic carbocycles. The van der Waals surface area contributed by atoms with E-state index in [1.807, 2.05) is 36.0 Å². The number of nitrogens with zero attached hydrogens (tertiary/aromatic N) is 1. The van der Waals surface area contributed by atoms with E-state index in [9.17, 15) is 0 Å². The minimum atomic E-state index is 0.119. The van der Waals surface area contributed by atoms with E-state index in [2.05, 4.69) is 23.3 Å². The molecule has 21 heavy (non-hydrogen) atoms. The van der Waals surface area contributed by atoms with Gasteiger partial charge in [-0.15, -0.1) is 11.3 Å². The van der Waals surface area contributed by atoms with Crippen LogP contribution >= 0.6 is 11.3 Å². The summed E-state index contributed by atoms with van der Waals surface area (Å²) in [6, 6.07) is 8.15. The average molecular weight is 302 g/mol. The number of hydrogen-bond donors (Lipinski definition) is 1. The number of fused-ring (bicyclic) bond motifs is 1. The summed E-state index contributed by atoms with van der Waals surface area (Å²) in [5.41, 5.74) is 3.71. The number of furan rings is 1. The van der Waals surface area contributed by atoms with Crippen LogP contribution in [0, 0.1) is 0 Å². The van der Waals surface area contributed by atoms with Crippen LogP contribution in [0.3, 0.4) is 0 Å². The number of rotatable bonds is 6. The zero-order chi connectivity index (χ0) is 14.7. The first-order valence-corrected chi connectivity index (χ1v) is 7.98. The minimum absolute atomic E-state index is 0.119. The number of benzene rings is 1. The van der Waals surface area contributed by atoms with Crippen LogP contribution in [0.15, 0.2) is 39.6 Å². The Morgan fingerprint density at radius 3 is 3.10 bits per heavy atom. The normalized spacial score (nSPS) is 12.7. The van der Waals surface area contributed by atoms with Gasteiger partial charge < -0.3 is 14.5 Å². The Hall–Kier alpha value is -1.85. The van der Waals surface area contributed by atoms with Crippen molar-refractivity contribution in [3.8, 4) is 5.75 Å². The van der Waals surface area contributed by atoms with Gasteiger partial charge in [0, 0.05) is 17.3 Å². The van der Waals surface area contributed by atoms with Crippen molar-refractivity contribution in [2.45, 2.75) is 26.4 Å². The molecule has 0 aliphatic carbocycles. The SMILES string of the molecule is CCOc1cccc2cc(C(C)NCc3cscn3)oc12. The van der Waals surface area contributed by atoms with E-state index in [0.29, 0.717) is 6.61 Å². The Kier molecular flexibility index (Phi) is 4.22. The van der Waals surface area contributed by atoms with Crippen LogP contribution in [-0.4, -0.2) is 11.6 Å². The molecule has 2 aromatic heterocycles. The van der Waals surface area contributed by atoms with E-state index in [1.54, 1.807) is 11.3 Å². The number of ether oxygens (including phenoxy) is 1. The van der Waals surface area contributed by atoms with Gasteiger partial charge in [0.2, 0.25) is 0 Å². The highest BCUT2D eigenvalue weighted by Gasteiger charge is 2.14. The molecular weight excluding hydrogens is 284 g/mol. The van der Waals surface area contributed by atoms with Gasteiger partial charge in [0.15, 0.2) is 11.3 Å². The van der Waals surface area contributed by atoms with Crippen molar-refractivity contribution in [3.05, 3.63) is 46.6 Å². The lowest BCUT2D eigenvalue weighted by Gasteiger charge is -2.09. The van der Waals surface area contributed by atoms with Crippen LogP contribution in [0.4, 0.5) is 0 Å². The first kappa shape index (κ1) is 14.1. The van der Waals surface area contributed by atoms with Crippen molar-refractivity contribution in [1.82, 2.24) is 10.3 Å². The maximum absolute atomic E-state index is 5.98. The Balaban J connectivity index is 1.78. The van der Waals surface area contributed by atoms with E-state index < -0.39 is 0 Å². The summed E-state index contributed by atoms with van der Waals surface area (Å²) < 4.78 is 11.6. The molecule has 1 unspecified atom stereocenters. The lowest BCUT2D eigenvalue weighted by molar-refractivity contribution is 0.336. The van der Waals surface area contributed by atoms with Gasteiger partial charge in [-0.3, -0.25) is 0 Å². The second-order valence-electron chi connectivity index (χ2n) is 4.84. The second kappa shape index (κ2) is 6.28. The second-order valence-corrected chi connectivity index (χ2v) is 5.56. The maximum atomic E-state index is 5.98. The van der Waals surface area contributed by atoms with Crippen LogP contribution in [0.25, 0.3) is 11.0 Å². The number of para-hydroxylation sites is 1. The van der Waals surface area contributed by atoms with Gasteiger partial charge in [0.05, 0.1) is 23.9 Å². The molecule has 4 nitrogen and oxygen atoms in total. The van der Waals surface area contributed by atoms with E-state index in [0.717, 1.165) is 34.7 Å². The fourth-order valence-electron chi connectivity index (χ4n) is 2.22. The Morgan fingerprint density at radius 1 is 1.43 bits per heavy atom. The summed E-state index contributed by atoms with van der Waals surface area (Å²) in [6.07, 6.45) is 0. The zero-order valence-electron chi connectivity index (χ0n) is 12.1. The van der Waals surface area contributed by atoms with E-state index in [1.165, 1.54) is 0 Å². The van der Waals surface area contributed by atoms with Crippen molar-refractivity contribution < 1.29 is 9.15 Å². The highest BCUT2D eigenvalue weighted by Crippen LogP contribution is 2.31. The fraction of sp³-hybridized carbons (Fsp3) is 0.312. The molecule has 2 heterocycles. The first-order valence-electron chi connectivity index (χ1n) is 7.03. The molecule has 3 rings (SSSR count). The largest absolute Gasteiger partial charge is 0.490 e. The van der Waals surface area contributed by atoms with E-state index >= 15 is 0 Å². The summed E-state index contributed by atoms with van der Waals surface area (Å²) >= 11 is 1.61. The highest BCUT2D eigenvalue weighted by molar-refractivity contribution is 7.07. The fourth-order valence-corrected chi connectivity index (χ4v) is 2.78. The smallest absolute Gasteiger partial charge is 0.176 e. The molecule has 0 fully saturated rings. The Labute approximate surface area is 127 Å². The van der Waals surface area contributed by atoms with Gasteiger partial charge in [-0.2, -0.15) is 0 Å². The summed E-state index contributed by atoms with van der Waals surface area (Å²) in [5, 5.41) is 6.54. The molecule has 0 bridgehead atoms. The van der Waals surface area contributed by atoms with Crippen LogP contribution in [0.2, 0.25) is 0 Å². The third-order valence-corrected chi connectivity index (χ3v) is 3.96. The van der Waals surface area contributed by atoms with Gasteiger partial charge in [-0.05, 0) is 26.0 Å². The van der Waals surface area contributed by atoms with Crippen molar-refractivity contribution >= 4 is 22.3 Å².